The first-order chi connectivity index (χ1) is 7.58. The molecule has 16 heavy (non-hydrogen) atoms. The third-order valence-corrected chi connectivity index (χ3v) is 4.90. The molecule has 0 aliphatic heterocycles. The van der Waals surface area contributed by atoms with Crippen molar-refractivity contribution in [2.24, 2.45) is 0 Å². The van der Waals surface area contributed by atoms with Crippen molar-refractivity contribution in [1.29, 1.82) is 0 Å². The van der Waals surface area contributed by atoms with Crippen molar-refractivity contribution in [2.75, 3.05) is 0 Å². The summed E-state index contributed by atoms with van der Waals surface area (Å²) in [4.78, 5) is 0.976. The molecular formula is C9H11N3O2S2. The van der Waals surface area contributed by atoms with Crippen molar-refractivity contribution in [2.45, 2.75) is 17.7 Å². The van der Waals surface area contributed by atoms with Crippen molar-refractivity contribution < 1.29 is 8.42 Å². The molecule has 2 aromatic rings. The number of rotatable bonds is 4. The number of hydrogen-bond acceptors (Lipinski definition) is 4. The highest BCUT2D eigenvalue weighted by atomic mass is 32.2. The minimum Gasteiger partial charge on any atom is -0.285 e. The molecule has 7 heteroatoms. The maximum atomic E-state index is 11.8. The average Bonchev–Trinajstić information content (AvgIpc) is 2.85. The van der Waals surface area contributed by atoms with Crippen LogP contribution in [-0.2, 0) is 16.6 Å². The zero-order chi connectivity index (χ0) is 11.6. The lowest BCUT2D eigenvalue weighted by molar-refractivity contribution is 0.583. The molecular weight excluding hydrogens is 246 g/mol. The number of nitrogens with zero attached hydrogens (tertiary/aromatic N) is 1. The highest BCUT2D eigenvalue weighted by Crippen LogP contribution is 2.20. The first-order valence-electron chi connectivity index (χ1n) is 4.62. The molecule has 0 saturated heterocycles. The van der Waals surface area contributed by atoms with Gasteiger partial charge in [-0.2, -0.15) is 5.10 Å². The van der Waals surface area contributed by atoms with Crippen LogP contribution in [0.4, 0.5) is 0 Å². The highest BCUT2D eigenvalue weighted by molar-refractivity contribution is 7.91. The molecule has 0 aliphatic rings. The molecule has 86 valence electrons. The lowest BCUT2D eigenvalue weighted by Gasteiger charge is -2.02. The Morgan fingerprint density at radius 1 is 1.50 bits per heavy atom. The van der Waals surface area contributed by atoms with E-state index in [4.69, 9.17) is 0 Å². The molecule has 2 aromatic heterocycles. The van der Waals surface area contributed by atoms with Crippen LogP contribution in [0.15, 0.2) is 28.7 Å². The third kappa shape index (κ3) is 2.49. The zero-order valence-electron chi connectivity index (χ0n) is 8.60. The van der Waals surface area contributed by atoms with Gasteiger partial charge in [-0.25, -0.2) is 13.1 Å². The Labute approximate surface area is 97.6 Å². The van der Waals surface area contributed by atoms with E-state index < -0.39 is 10.0 Å². The molecule has 0 aromatic carbocycles. The van der Waals surface area contributed by atoms with Gasteiger partial charge in [-0.15, -0.1) is 11.3 Å². The van der Waals surface area contributed by atoms with Crippen molar-refractivity contribution in [1.82, 2.24) is 14.9 Å². The van der Waals surface area contributed by atoms with Crippen molar-refractivity contribution in [3.05, 3.63) is 35.0 Å². The summed E-state index contributed by atoms with van der Waals surface area (Å²) >= 11 is 1.26. The van der Waals surface area contributed by atoms with Crippen LogP contribution in [-0.4, -0.2) is 18.6 Å². The predicted molar refractivity (Wildman–Crippen MR) is 61.7 cm³/mol. The van der Waals surface area contributed by atoms with Gasteiger partial charge in [-0.05, 0) is 19.1 Å². The molecule has 0 saturated carbocycles. The molecule has 0 fully saturated rings. The number of aromatic nitrogens is 2. The number of sulfonamides is 1. The number of aryl methyl sites for hydroxylation is 1. The number of H-pyrrole nitrogens is 1. The summed E-state index contributed by atoms with van der Waals surface area (Å²) in [6.45, 7) is 2.12. The number of hydrogen-bond donors (Lipinski definition) is 2. The Morgan fingerprint density at radius 3 is 2.88 bits per heavy atom. The van der Waals surface area contributed by atoms with E-state index in [0.29, 0.717) is 4.21 Å². The Hall–Kier alpha value is -1.18. The van der Waals surface area contributed by atoms with Crippen LogP contribution in [0.25, 0.3) is 0 Å². The van der Waals surface area contributed by atoms with Gasteiger partial charge in [0.15, 0.2) is 0 Å². The van der Waals surface area contributed by atoms with Gasteiger partial charge in [0.1, 0.15) is 4.21 Å². The highest BCUT2D eigenvalue weighted by Gasteiger charge is 2.15. The van der Waals surface area contributed by atoms with Crippen LogP contribution in [0.3, 0.4) is 0 Å². The van der Waals surface area contributed by atoms with Crippen molar-refractivity contribution in [3.8, 4) is 0 Å². The maximum Gasteiger partial charge on any atom is 0.250 e. The molecule has 0 bridgehead atoms. The monoisotopic (exact) mass is 257 g/mol. The summed E-state index contributed by atoms with van der Waals surface area (Å²) in [5.41, 5.74) is 0.803. The van der Waals surface area contributed by atoms with Crippen molar-refractivity contribution in [3.63, 3.8) is 0 Å². The Morgan fingerprint density at radius 2 is 2.31 bits per heavy atom. The Bertz CT molecular complexity index is 557. The smallest absolute Gasteiger partial charge is 0.250 e. The van der Waals surface area contributed by atoms with Gasteiger partial charge in [0.25, 0.3) is 0 Å². The first kappa shape index (κ1) is 11.3. The summed E-state index contributed by atoms with van der Waals surface area (Å²) in [7, 11) is -3.39. The van der Waals surface area contributed by atoms with Gasteiger partial charge < -0.3 is 0 Å². The quantitative estimate of drug-likeness (QED) is 0.865. The Kier molecular flexibility index (Phi) is 3.08. The summed E-state index contributed by atoms with van der Waals surface area (Å²) < 4.78 is 26.5. The molecule has 0 unspecified atom stereocenters. The van der Waals surface area contributed by atoms with E-state index in [0.717, 1.165) is 10.4 Å². The lowest BCUT2D eigenvalue weighted by atomic mass is 10.4. The fraction of sp³-hybridized carbons (Fsp3) is 0.222. The van der Waals surface area contributed by atoms with Crippen LogP contribution in [0.1, 0.15) is 10.4 Å². The van der Waals surface area contributed by atoms with Gasteiger partial charge >= 0.3 is 0 Å². The second-order valence-corrected chi connectivity index (χ2v) is 6.58. The predicted octanol–water partition coefficient (Wildman–Crippen LogP) is 1.26. The molecule has 0 radical (unpaired) electrons. The molecule has 5 nitrogen and oxygen atoms in total. The lowest BCUT2D eigenvalue weighted by Crippen LogP contribution is -2.22. The molecule has 2 heterocycles. The second kappa shape index (κ2) is 4.36. The molecule has 2 rings (SSSR count). The fourth-order valence-electron chi connectivity index (χ4n) is 1.18. The fourth-order valence-corrected chi connectivity index (χ4v) is 3.53. The maximum absolute atomic E-state index is 11.8. The normalized spacial score (nSPS) is 11.8. The van der Waals surface area contributed by atoms with E-state index in [1.54, 1.807) is 24.5 Å². The largest absolute Gasteiger partial charge is 0.285 e. The summed E-state index contributed by atoms with van der Waals surface area (Å²) in [5.74, 6) is 0. The van der Waals surface area contributed by atoms with E-state index in [1.165, 1.54) is 11.3 Å². The van der Waals surface area contributed by atoms with E-state index >= 15 is 0 Å². The van der Waals surface area contributed by atoms with Gasteiger partial charge in [0.2, 0.25) is 10.0 Å². The number of aromatic amines is 1. The summed E-state index contributed by atoms with van der Waals surface area (Å²) in [5, 5.41) is 6.37. The van der Waals surface area contributed by atoms with Crippen LogP contribution < -0.4 is 4.72 Å². The minimum atomic E-state index is -3.39. The minimum absolute atomic E-state index is 0.246. The van der Waals surface area contributed by atoms with E-state index in [-0.39, 0.29) is 6.54 Å². The third-order valence-electron chi connectivity index (χ3n) is 2.00. The first-order valence-corrected chi connectivity index (χ1v) is 6.92. The van der Waals surface area contributed by atoms with Gasteiger partial charge in [-0.3, -0.25) is 5.10 Å². The molecule has 0 amide bonds. The van der Waals surface area contributed by atoms with Gasteiger partial charge in [0.05, 0.1) is 6.20 Å². The van der Waals surface area contributed by atoms with E-state index in [9.17, 15) is 8.42 Å². The van der Waals surface area contributed by atoms with Gasteiger partial charge in [0, 0.05) is 23.2 Å². The van der Waals surface area contributed by atoms with Crippen molar-refractivity contribution >= 4 is 21.4 Å². The van der Waals surface area contributed by atoms with Crippen LogP contribution in [0.5, 0.6) is 0 Å². The topological polar surface area (TPSA) is 74.8 Å². The van der Waals surface area contributed by atoms with E-state index in [2.05, 4.69) is 14.9 Å². The molecule has 2 N–H and O–H groups in total. The summed E-state index contributed by atoms with van der Waals surface area (Å²) in [6, 6.07) is 3.40. The number of thiophene rings is 1. The number of nitrogens with one attached hydrogen (secondary N) is 2. The molecule has 0 aliphatic carbocycles. The average molecular weight is 257 g/mol. The molecule has 0 atom stereocenters. The van der Waals surface area contributed by atoms with Crippen LogP contribution in [0, 0.1) is 6.92 Å². The standard InChI is InChI=1S/C9H11N3O2S2/c1-7-2-3-9(15-7)16(13,14)12-6-8-4-10-11-5-8/h2-5,12H,6H2,1H3,(H,10,11). The van der Waals surface area contributed by atoms with Crippen LogP contribution in [0.2, 0.25) is 0 Å². The van der Waals surface area contributed by atoms with Crippen LogP contribution >= 0.6 is 11.3 Å². The van der Waals surface area contributed by atoms with Gasteiger partial charge in [-0.1, -0.05) is 0 Å². The van der Waals surface area contributed by atoms with E-state index in [1.807, 2.05) is 6.92 Å². The SMILES string of the molecule is Cc1ccc(S(=O)(=O)NCc2cn[nH]c2)s1. The zero-order valence-corrected chi connectivity index (χ0v) is 10.2. The molecule has 0 spiro atoms. The second-order valence-electron chi connectivity index (χ2n) is 3.30. The Balaban J connectivity index is 2.09. The summed E-state index contributed by atoms with van der Waals surface area (Å²) in [6.07, 6.45) is 3.24.